The summed E-state index contributed by atoms with van der Waals surface area (Å²) in [6.45, 7) is 5.16. The number of anilines is 1. The van der Waals surface area contributed by atoms with E-state index in [4.69, 9.17) is 0 Å². The van der Waals surface area contributed by atoms with Crippen LogP contribution >= 0.6 is 0 Å². The van der Waals surface area contributed by atoms with E-state index in [0.717, 1.165) is 17.0 Å². The van der Waals surface area contributed by atoms with Crippen molar-refractivity contribution < 1.29 is 9.90 Å². The van der Waals surface area contributed by atoms with Gasteiger partial charge in [0.1, 0.15) is 5.60 Å². The van der Waals surface area contributed by atoms with E-state index in [1.807, 2.05) is 18.7 Å². The molecule has 1 aliphatic rings. The van der Waals surface area contributed by atoms with Crippen LogP contribution in [0.3, 0.4) is 0 Å². The number of hydrogen-bond donors (Lipinski definition) is 2. The lowest BCUT2D eigenvalue weighted by Gasteiger charge is -2.29. The SMILES string of the molecule is Cc1n[nH]c(C)c1CC(=O)N(C)C[C@@]1(O)CCN(c2ncccn2)C1. The molecule has 2 N–H and O–H groups in total. The van der Waals surface area contributed by atoms with Gasteiger partial charge in [0.25, 0.3) is 0 Å². The minimum atomic E-state index is -0.954. The third-order valence-corrected chi connectivity index (χ3v) is 4.73. The molecule has 3 heterocycles. The molecule has 0 spiro atoms. The van der Waals surface area contributed by atoms with Crippen molar-refractivity contribution in [2.45, 2.75) is 32.3 Å². The van der Waals surface area contributed by atoms with Crippen LogP contribution in [-0.2, 0) is 11.2 Å². The van der Waals surface area contributed by atoms with E-state index in [2.05, 4.69) is 20.2 Å². The molecule has 8 heteroatoms. The Morgan fingerprint density at radius 2 is 2.12 bits per heavy atom. The molecule has 0 aromatic carbocycles. The van der Waals surface area contributed by atoms with Crippen LogP contribution < -0.4 is 4.90 Å². The van der Waals surface area contributed by atoms with Crippen molar-refractivity contribution in [1.82, 2.24) is 25.1 Å². The van der Waals surface area contributed by atoms with E-state index in [1.165, 1.54) is 0 Å². The van der Waals surface area contributed by atoms with Crippen molar-refractivity contribution in [3.63, 3.8) is 0 Å². The number of aliphatic hydroxyl groups is 1. The van der Waals surface area contributed by atoms with Gasteiger partial charge in [-0.2, -0.15) is 5.10 Å². The number of aryl methyl sites for hydroxylation is 2. The van der Waals surface area contributed by atoms with Crippen molar-refractivity contribution in [2.75, 3.05) is 31.6 Å². The molecule has 134 valence electrons. The van der Waals surface area contributed by atoms with Gasteiger partial charge in [-0.25, -0.2) is 9.97 Å². The number of hydrogen-bond acceptors (Lipinski definition) is 6. The molecule has 1 aliphatic heterocycles. The molecule has 25 heavy (non-hydrogen) atoms. The lowest BCUT2D eigenvalue weighted by Crippen LogP contribution is -2.46. The molecule has 1 amide bonds. The van der Waals surface area contributed by atoms with Gasteiger partial charge >= 0.3 is 0 Å². The van der Waals surface area contributed by atoms with Crippen molar-refractivity contribution in [1.29, 1.82) is 0 Å². The first-order valence-corrected chi connectivity index (χ1v) is 8.37. The normalized spacial score (nSPS) is 20.1. The second-order valence-electron chi connectivity index (χ2n) is 6.78. The highest BCUT2D eigenvalue weighted by molar-refractivity contribution is 5.79. The highest BCUT2D eigenvalue weighted by Crippen LogP contribution is 2.25. The van der Waals surface area contributed by atoms with Crippen molar-refractivity contribution in [3.8, 4) is 0 Å². The summed E-state index contributed by atoms with van der Waals surface area (Å²) < 4.78 is 0. The molecule has 1 saturated heterocycles. The molecular formula is C17H24N6O2. The molecule has 2 aromatic heterocycles. The van der Waals surface area contributed by atoms with Crippen LogP contribution in [0.5, 0.6) is 0 Å². The van der Waals surface area contributed by atoms with Crippen molar-refractivity contribution in [2.24, 2.45) is 0 Å². The number of carbonyl (C=O) groups is 1. The van der Waals surface area contributed by atoms with Crippen LogP contribution in [0.1, 0.15) is 23.4 Å². The Labute approximate surface area is 146 Å². The van der Waals surface area contributed by atoms with Crippen LogP contribution in [0.2, 0.25) is 0 Å². The zero-order valence-corrected chi connectivity index (χ0v) is 14.9. The fourth-order valence-electron chi connectivity index (χ4n) is 3.26. The number of β-amino-alcohol motifs (C(OH)–C–C–N with tert-alkyl or cyclic N) is 1. The summed E-state index contributed by atoms with van der Waals surface area (Å²) in [6.07, 6.45) is 4.23. The second kappa shape index (κ2) is 6.79. The summed E-state index contributed by atoms with van der Waals surface area (Å²) in [5.74, 6) is 0.576. The maximum atomic E-state index is 12.5. The Morgan fingerprint density at radius 3 is 2.76 bits per heavy atom. The van der Waals surface area contributed by atoms with Crippen LogP contribution in [0.15, 0.2) is 18.5 Å². The molecule has 3 rings (SSSR count). The number of nitrogens with one attached hydrogen (secondary N) is 1. The number of aromatic amines is 1. The molecule has 0 unspecified atom stereocenters. The van der Waals surface area contributed by atoms with Gasteiger partial charge in [0, 0.05) is 37.2 Å². The molecule has 1 atom stereocenters. The maximum Gasteiger partial charge on any atom is 0.226 e. The van der Waals surface area contributed by atoms with Crippen molar-refractivity contribution >= 4 is 11.9 Å². The highest BCUT2D eigenvalue weighted by atomic mass is 16.3. The van der Waals surface area contributed by atoms with E-state index >= 15 is 0 Å². The van der Waals surface area contributed by atoms with Crippen LogP contribution in [0.25, 0.3) is 0 Å². The smallest absolute Gasteiger partial charge is 0.226 e. The Balaban J connectivity index is 1.60. The number of likely N-dealkylation sites (N-methyl/N-ethyl adjacent to an activating group) is 1. The van der Waals surface area contributed by atoms with Gasteiger partial charge in [-0.1, -0.05) is 0 Å². The van der Waals surface area contributed by atoms with Gasteiger partial charge in [0.05, 0.1) is 25.2 Å². The maximum absolute atomic E-state index is 12.5. The summed E-state index contributed by atoms with van der Waals surface area (Å²) in [6, 6.07) is 1.76. The summed E-state index contributed by atoms with van der Waals surface area (Å²) in [5, 5.41) is 17.9. The number of nitrogens with zero attached hydrogens (tertiary/aromatic N) is 5. The zero-order valence-electron chi connectivity index (χ0n) is 14.9. The number of amides is 1. The summed E-state index contributed by atoms with van der Waals surface area (Å²) >= 11 is 0. The molecular weight excluding hydrogens is 320 g/mol. The van der Waals surface area contributed by atoms with E-state index in [1.54, 1.807) is 30.4 Å². The Bertz CT molecular complexity index is 727. The third-order valence-electron chi connectivity index (χ3n) is 4.73. The van der Waals surface area contributed by atoms with Gasteiger partial charge in [-0.3, -0.25) is 9.89 Å². The Hall–Kier alpha value is -2.48. The molecule has 0 radical (unpaired) electrons. The summed E-state index contributed by atoms with van der Waals surface area (Å²) in [5.41, 5.74) is 1.72. The summed E-state index contributed by atoms with van der Waals surface area (Å²) in [4.78, 5) is 24.5. The second-order valence-corrected chi connectivity index (χ2v) is 6.78. The van der Waals surface area contributed by atoms with Gasteiger partial charge in [-0.05, 0) is 26.3 Å². The number of aromatic nitrogens is 4. The molecule has 0 bridgehead atoms. The van der Waals surface area contributed by atoms with Gasteiger partial charge in [-0.15, -0.1) is 0 Å². The fourth-order valence-corrected chi connectivity index (χ4v) is 3.26. The monoisotopic (exact) mass is 344 g/mol. The molecule has 0 saturated carbocycles. The third kappa shape index (κ3) is 3.79. The predicted octanol–water partition coefficient (Wildman–Crippen LogP) is 0.459. The lowest BCUT2D eigenvalue weighted by atomic mass is 10.0. The number of H-pyrrole nitrogens is 1. The minimum absolute atomic E-state index is 0.0320. The lowest BCUT2D eigenvalue weighted by molar-refractivity contribution is -0.132. The first kappa shape index (κ1) is 17.3. The van der Waals surface area contributed by atoms with Gasteiger partial charge < -0.3 is 14.9 Å². The van der Waals surface area contributed by atoms with E-state index in [-0.39, 0.29) is 18.9 Å². The quantitative estimate of drug-likeness (QED) is 0.818. The molecule has 0 aliphatic carbocycles. The largest absolute Gasteiger partial charge is 0.386 e. The van der Waals surface area contributed by atoms with Crippen LogP contribution in [0, 0.1) is 13.8 Å². The molecule has 2 aromatic rings. The minimum Gasteiger partial charge on any atom is -0.386 e. The van der Waals surface area contributed by atoms with Gasteiger partial charge in [0.2, 0.25) is 11.9 Å². The van der Waals surface area contributed by atoms with Crippen LogP contribution in [-0.4, -0.2) is 68.4 Å². The topological polar surface area (TPSA) is 98.2 Å². The Kier molecular flexibility index (Phi) is 4.71. The number of rotatable bonds is 5. The first-order valence-electron chi connectivity index (χ1n) is 8.37. The van der Waals surface area contributed by atoms with E-state index < -0.39 is 5.60 Å². The summed E-state index contributed by atoms with van der Waals surface area (Å²) in [7, 11) is 1.73. The highest BCUT2D eigenvalue weighted by Gasteiger charge is 2.38. The molecule has 8 nitrogen and oxygen atoms in total. The Morgan fingerprint density at radius 1 is 1.40 bits per heavy atom. The van der Waals surface area contributed by atoms with Crippen molar-refractivity contribution in [3.05, 3.63) is 35.4 Å². The fraction of sp³-hybridized carbons (Fsp3) is 0.529. The first-order chi connectivity index (χ1) is 11.9. The standard InChI is InChI=1S/C17H24N6O2/c1-12-14(13(2)21-20-12)9-15(24)22(3)10-17(25)5-8-23(11-17)16-18-6-4-7-19-16/h4,6-7,25H,5,8-11H2,1-3H3,(H,20,21)/t17-/m0/s1. The average Bonchev–Trinajstić information content (AvgIpc) is 3.13. The zero-order chi connectivity index (χ0) is 18.0. The van der Waals surface area contributed by atoms with E-state index in [0.29, 0.717) is 25.5 Å². The molecule has 1 fully saturated rings. The van der Waals surface area contributed by atoms with E-state index in [9.17, 15) is 9.90 Å². The average molecular weight is 344 g/mol. The van der Waals surface area contributed by atoms with Gasteiger partial charge in [0.15, 0.2) is 0 Å². The number of carbonyl (C=O) groups excluding carboxylic acids is 1. The predicted molar refractivity (Wildman–Crippen MR) is 93.2 cm³/mol. The van der Waals surface area contributed by atoms with Crippen LogP contribution in [0.4, 0.5) is 5.95 Å².